The van der Waals surface area contributed by atoms with Crippen LogP contribution in [0.15, 0.2) is 42.2 Å². The molecule has 2 heteroatoms. The SMILES string of the molecule is C=C(NC1CCCC12CCCCC2)N[C@@H](C)C1=C(C)c2ccccc2C1. The molecule has 2 nitrogen and oxygen atoms in total. The number of rotatable bonds is 5. The molecular weight excluding hydrogens is 316 g/mol. The second-order valence-electron chi connectivity index (χ2n) is 8.84. The first-order valence-electron chi connectivity index (χ1n) is 10.6. The van der Waals surface area contributed by atoms with Gasteiger partial charge in [-0.25, -0.2) is 0 Å². The minimum atomic E-state index is 0.325. The van der Waals surface area contributed by atoms with Gasteiger partial charge in [-0.3, -0.25) is 0 Å². The summed E-state index contributed by atoms with van der Waals surface area (Å²) in [4.78, 5) is 0. The van der Waals surface area contributed by atoms with Gasteiger partial charge in [-0.2, -0.15) is 0 Å². The van der Waals surface area contributed by atoms with E-state index in [4.69, 9.17) is 0 Å². The maximum Gasteiger partial charge on any atom is 0.0919 e. The van der Waals surface area contributed by atoms with Gasteiger partial charge in [0.15, 0.2) is 0 Å². The van der Waals surface area contributed by atoms with E-state index in [2.05, 4.69) is 55.3 Å². The fourth-order valence-electron chi connectivity index (χ4n) is 5.85. The van der Waals surface area contributed by atoms with E-state index in [0.717, 1.165) is 12.2 Å². The highest BCUT2D eigenvalue weighted by Gasteiger charge is 2.43. The lowest BCUT2D eigenvalue weighted by Crippen LogP contribution is -2.46. The van der Waals surface area contributed by atoms with Gasteiger partial charge in [0.2, 0.25) is 0 Å². The zero-order valence-electron chi connectivity index (χ0n) is 16.5. The summed E-state index contributed by atoms with van der Waals surface area (Å²) in [5, 5.41) is 7.47. The molecule has 0 aliphatic heterocycles. The number of fused-ring (bicyclic) bond motifs is 1. The Bertz CT molecular complexity index is 709. The van der Waals surface area contributed by atoms with Crippen molar-refractivity contribution in [3.63, 3.8) is 0 Å². The molecule has 3 aliphatic carbocycles. The van der Waals surface area contributed by atoms with E-state index >= 15 is 0 Å². The van der Waals surface area contributed by atoms with Gasteiger partial charge in [-0.05, 0) is 73.6 Å². The Balaban J connectivity index is 1.39. The van der Waals surface area contributed by atoms with Crippen molar-refractivity contribution >= 4 is 5.57 Å². The first kappa shape index (κ1) is 17.7. The molecule has 3 aliphatic rings. The maximum absolute atomic E-state index is 4.34. The molecule has 0 radical (unpaired) electrons. The smallest absolute Gasteiger partial charge is 0.0919 e. The third kappa shape index (κ3) is 3.19. The molecule has 2 atom stereocenters. The van der Waals surface area contributed by atoms with Crippen LogP contribution in [0.2, 0.25) is 0 Å². The molecule has 0 saturated heterocycles. The molecule has 26 heavy (non-hydrogen) atoms. The Morgan fingerprint density at radius 3 is 2.62 bits per heavy atom. The van der Waals surface area contributed by atoms with Crippen molar-refractivity contribution < 1.29 is 0 Å². The van der Waals surface area contributed by atoms with E-state index in [0.29, 0.717) is 17.5 Å². The van der Waals surface area contributed by atoms with Gasteiger partial charge in [-0.1, -0.05) is 56.5 Å². The van der Waals surface area contributed by atoms with Crippen molar-refractivity contribution in [2.24, 2.45) is 5.41 Å². The fraction of sp³-hybridized carbons (Fsp3) is 0.583. The molecule has 0 amide bonds. The minimum Gasteiger partial charge on any atom is -0.369 e. The van der Waals surface area contributed by atoms with Crippen molar-refractivity contribution in [2.45, 2.75) is 83.7 Å². The van der Waals surface area contributed by atoms with Gasteiger partial charge in [0.1, 0.15) is 0 Å². The van der Waals surface area contributed by atoms with Crippen molar-refractivity contribution in [2.75, 3.05) is 0 Å². The molecular formula is C24H34N2. The average molecular weight is 351 g/mol. The van der Waals surface area contributed by atoms with Crippen LogP contribution in [-0.2, 0) is 6.42 Å². The molecule has 0 bridgehead atoms. The Morgan fingerprint density at radius 2 is 1.85 bits per heavy atom. The molecule has 2 fully saturated rings. The van der Waals surface area contributed by atoms with E-state index in [1.807, 2.05) is 0 Å². The van der Waals surface area contributed by atoms with Gasteiger partial charge >= 0.3 is 0 Å². The largest absolute Gasteiger partial charge is 0.369 e. The third-order valence-electron chi connectivity index (χ3n) is 7.30. The molecule has 4 rings (SSSR count). The summed E-state index contributed by atoms with van der Waals surface area (Å²) in [5.74, 6) is 1.02. The lowest BCUT2D eigenvalue weighted by molar-refractivity contribution is 0.154. The highest BCUT2D eigenvalue weighted by molar-refractivity contribution is 5.75. The Hall–Kier alpha value is -1.70. The Kier molecular flexibility index (Phi) is 4.86. The Labute approximate surface area is 159 Å². The minimum absolute atomic E-state index is 0.325. The Morgan fingerprint density at radius 1 is 1.12 bits per heavy atom. The molecule has 1 aromatic rings. The van der Waals surface area contributed by atoms with Gasteiger partial charge in [0, 0.05) is 12.1 Å². The van der Waals surface area contributed by atoms with Crippen molar-refractivity contribution in [1.29, 1.82) is 0 Å². The predicted molar refractivity (Wildman–Crippen MR) is 111 cm³/mol. The normalized spacial score (nSPS) is 25.2. The van der Waals surface area contributed by atoms with Crippen molar-refractivity contribution in [1.82, 2.24) is 10.6 Å². The summed E-state index contributed by atoms with van der Waals surface area (Å²) in [6, 6.07) is 9.75. The van der Waals surface area contributed by atoms with Crippen molar-refractivity contribution in [3.8, 4) is 0 Å². The molecule has 1 spiro atoms. The molecule has 0 heterocycles. The quantitative estimate of drug-likeness (QED) is 0.726. The number of benzene rings is 1. The monoisotopic (exact) mass is 350 g/mol. The molecule has 2 saturated carbocycles. The lowest BCUT2D eigenvalue weighted by Gasteiger charge is -2.40. The zero-order chi connectivity index (χ0) is 18.1. The van der Waals surface area contributed by atoms with Crippen LogP contribution in [0.1, 0.15) is 76.3 Å². The highest BCUT2D eigenvalue weighted by Crippen LogP contribution is 2.49. The van der Waals surface area contributed by atoms with Gasteiger partial charge in [0.25, 0.3) is 0 Å². The van der Waals surface area contributed by atoms with E-state index in [1.165, 1.54) is 73.6 Å². The number of nitrogens with one attached hydrogen (secondary N) is 2. The summed E-state index contributed by atoms with van der Waals surface area (Å²) >= 11 is 0. The number of allylic oxidation sites excluding steroid dienone is 1. The standard InChI is InChI=1S/C24H34N2/c1-17-21-11-6-5-10-20(21)16-22(17)18(2)25-19(3)26-23-12-9-15-24(23)13-7-4-8-14-24/h5-6,10-11,18,23,25-26H,3-4,7-9,12-16H2,1-2H3/t18-,23?/m0/s1. The lowest BCUT2D eigenvalue weighted by atomic mass is 9.70. The first-order valence-corrected chi connectivity index (χ1v) is 10.6. The van der Waals surface area contributed by atoms with Crippen LogP contribution in [0.5, 0.6) is 0 Å². The summed E-state index contributed by atoms with van der Waals surface area (Å²) in [7, 11) is 0. The van der Waals surface area contributed by atoms with Crippen LogP contribution in [0, 0.1) is 5.41 Å². The second kappa shape index (κ2) is 7.13. The van der Waals surface area contributed by atoms with E-state index < -0.39 is 0 Å². The van der Waals surface area contributed by atoms with Gasteiger partial charge < -0.3 is 10.6 Å². The first-order chi connectivity index (χ1) is 12.6. The topological polar surface area (TPSA) is 24.1 Å². The molecule has 2 N–H and O–H groups in total. The van der Waals surface area contributed by atoms with Crippen molar-refractivity contribution in [3.05, 3.63) is 53.4 Å². The molecule has 1 unspecified atom stereocenters. The van der Waals surface area contributed by atoms with Crippen LogP contribution in [-0.4, -0.2) is 12.1 Å². The average Bonchev–Trinajstić information content (AvgIpc) is 3.17. The third-order valence-corrected chi connectivity index (χ3v) is 7.30. The second-order valence-corrected chi connectivity index (χ2v) is 8.84. The number of hydrogen-bond donors (Lipinski definition) is 2. The van der Waals surface area contributed by atoms with Crippen LogP contribution in [0.4, 0.5) is 0 Å². The fourth-order valence-corrected chi connectivity index (χ4v) is 5.85. The van der Waals surface area contributed by atoms with Gasteiger partial charge in [-0.15, -0.1) is 0 Å². The highest BCUT2D eigenvalue weighted by atomic mass is 15.1. The van der Waals surface area contributed by atoms with Crippen LogP contribution in [0.25, 0.3) is 5.57 Å². The van der Waals surface area contributed by atoms with E-state index in [1.54, 1.807) is 0 Å². The van der Waals surface area contributed by atoms with Crippen LogP contribution in [0.3, 0.4) is 0 Å². The zero-order valence-corrected chi connectivity index (χ0v) is 16.5. The van der Waals surface area contributed by atoms with Gasteiger partial charge in [0.05, 0.1) is 5.82 Å². The molecule has 0 aromatic heterocycles. The summed E-state index contributed by atoms with van der Waals surface area (Å²) in [5.41, 5.74) is 6.38. The van der Waals surface area contributed by atoms with E-state index in [-0.39, 0.29) is 0 Å². The van der Waals surface area contributed by atoms with Crippen LogP contribution < -0.4 is 10.6 Å². The predicted octanol–water partition coefficient (Wildman–Crippen LogP) is 5.56. The summed E-state index contributed by atoms with van der Waals surface area (Å²) in [6.07, 6.45) is 12.2. The van der Waals surface area contributed by atoms with Crippen LogP contribution >= 0.6 is 0 Å². The summed E-state index contributed by atoms with van der Waals surface area (Å²) in [6.45, 7) is 8.88. The maximum atomic E-state index is 4.34. The van der Waals surface area contributed by atoms with E-state index in [9.17, 15) is 0 Å². The molecule has 140 valence electrons. The number of hydrogen-bond acceptors (Lipinski definition) is 2. The molecule has 1 aromatic carbocycles. The summed E-state index contributed by atoms with van der Waals surface area (Å²) < 4.78 is 0.